The molecule has 16 heavy (non-hydrogen) atoms. The summed E-state index contributed by atoms with van der Waals surface area (Å²) < 4.78 is 44.8. The third kappa shape index (κ3) is 4.86. The van der Waals surface area contributed by atoms with Gasteiger partial charge in [0.1, 0.15) is 4.90 Å². The van der Waals surface area contributed by atoms with Crippen LogP contribution in [-0.4, -0.2) is 22.8 Å². The second-order valence-corrected chi connectivity index (χ2v) is 5.06. The zero-order valence-corrected chi connectivity index (χ0v) is 11.8. The molecule has 0 radical (unpaired) electrons. The van der Waals surface area contributed by atoms with Gasteiger partial charge in [-0.2, -0.15) is 8.42 Å². The molecule has 7 nitrogen and oxygen atoms in total. The van der Waals surface area contributed by atoms with Gasteiger partial charge in [-0.05, 0) is 12.1 Å². The molecule has 0 aromatic heterocycles. The smallest absolute Gasteiger partial charge is 0.403 e. The van der Waals surface area contributed by atoms with E-state index in [4.69, 9.17) is 14.3 Å². The summed E-state index contributed by atoms with van der Waals surface area (Å²) in [5.74, 6) is -0.603. The standard InChI is InChI=1S/C6H7O7PS.Zr/c7-14(8,9)13-5-3-1-2-4-6(5)15(10,11)12;/h1-4H,(H2,7,8,9)(H,10,11,12);. The van der Waals surface area contributed by atoms with E-state index in [1.807, 2.05) is 0 Å². The van der Waals surface area contributed by atoms with E-state index in [-0.39, 0.29) is 26.2 Å². The van der Waals surface area contributed by atoms with Gasteiger partial charge >= 0.3 is 7.82 Å². The third-order valence-electron chi connectivity index (χ3n) is 1.34. The molecule has 0 unspecified atom stereocenters. The number of phosphoric acid groups is 1. The molecule has 0 aliphatic rings. The molecule has 1 rings (SSSR count). The molecule has 0 bridgehead atoms. The maximum Gasteiger partial charge on any atom is 0.524 e. The van der Waals surface area contributed by atoms with E-state index in [0.29, 0.717) is 0 Å². The molecule has 0 fully saturated rings. The minimum Gasteiger partial charge on any atom is -0.403 e. The number of hydrogen-bond donors (Lipinski definition) is 3. The molecular weight excluding hydrogens is 338 g/mol. The van der Waals surface area contributed by atoms with Crippen LogP contribution in [0.4, 0.5) is 0 Å². The van der Waals surface area contributed by atoms with Crippen molar-refractivity contribution in [2.75, 3.05) is 0 Å². The first-order chi connectivity index (χ1) is 6.70. The summed E-state index contributed by atoms with van der Waals surface area (Å²) in [6.07, 6.45) is 0. The Labute approximate surface area is 111 Å². The summed E-state index contributed by atoms with van der Waals surface area (Å²) in [4.78, 5) is 16.2. The van der Waals surface area contributed by atoms with Crippen LogP contribution in [0, 0.1) is 0 Å². The SMILES string of the molecule is O=P(O)(O)Oc1ccccc1S(=O)(=O)O.[Zr]. The van der Waals surface area contributed by atoms with Crippen LogP contribution < -0.4 is 4.52 Å². The first kappa shape index (κ1) is 16.0. The fourth-order valence-electron chi connectivity index (χ4n) is 0.867. The topological polar surface area (TPSA) is 121 Å². The molecule has 10 heteroatoms. The largest absolute Gasteiger partial charge is 0.524 e. The van der Waals surface area contributed by atoms with Gasteiger partial charge in [-0.1, -0.05) is 12.1 Å². The van der Waals surface area contributed by atoms with Crippen molar-refractivity contribution in [2.24, 2.45) is 0 Å². The Hall–Kier alpha value is -0.0369. The van der Waals surface area contributed by atoms with E-state index in [1.54, 1.807) is 0 Å². The molecule has 0 saturated carbocycles. The van der Waals surface area contributed by atoms with Gasteiger partial charge in [0.2, 0.25) is 0 Å². The Kier molecular flexibility index (Phi) is 5.52. The van der Waals surface area contributed by atoms with Crippen LogP contribution >= 0.6 is 7.82 Å². The van der Waals surface area contributed by atoms with Gasteiger partial charge in [0.25, 0.3) is 10.1 Å². The van der Waals surface area contributed by atoms with E-state index in [0.717, 1.165) is 12.1 Å². The second-order valence-electron chi connectivity index (χ2n) is 2.50. The number of para-hydroxylation sites is 1. The summed E-state index contributed by atoms with van der Waals surface area (Å²) in [6.45, 7) is 0. The number of hydrogen-bond acceptors (Lipinski definition) is 4. The average molecular weight is 345 g/mol. The van der Waals surface area contributed by atoms with Crippen LogP contribution in [0.1, 0.15) is 0 Å². The Morgan fingerprint density at radius 2 is 1.69 bits per heavy atom. The molecule has 0 aliphatic carbocycles. The van der Waals surface area contributed by atoms with E-state index in [2.05, 4.69) is 4.52 Å². The summed E-state index contributed by atoms with van der Waals surface area (Å²) in [6, 6.07) is 4.55. The van der Waals surface area contributed by atoms with Gasteiger partial charge in [0.05, 0.1) is 0 Å². The van der Waals surface area contributed by atoms with E-state index in [9.17, 15) is 13.0 Å². The molecule has 3 N–H and O–H groups in total. The van der Waals surface area contributed by atoms with Crippen molar-refractivity contribution >= 4 is 17.9 Å². The van der Waals surface area contributed by atoms with Crippen molar-refractivity contribution in [1.29, 1.82) is 0 Å². The van der Waals surface area contributed by atoms with Crippen molar-refractivity contribution in [3.05, 3.63) is 24.3 Å². The first-order valence-electron chi connectivity index (χ1n) is 3.52. The summed E-state index contributed by atoms with van der Waals surface area (Å²) in [5.41, 5.74) is 0. The van der Waals surface area contributed by atoms with Gasteiger partial charge in [-0.3, -0.25) is 14.3 Å². The third-order valence-corrected chi connectivity index (χ3v) is 2.67. The molecule has 0 spiro atoms. The molecule has 1 aromatic carbocycles. The zero-order valence-electron chi connectivity index (χ0n) is 7.64. The maximum absolute atomic E-state index is 10.8. The van der Waals surface area contributed by atoms with Gasteiger partial charge < -0.3 is 4.52 Å². The van der Waals surface area contributed by atoms with Crippen LogP contribution in [0.2, 0.25) is 0 Å². The van der Waals surface area contributed by atoms with Gasteiger partial charge in [-0.25, -0.2) is 4.57 Å². The Morgan fingerprint density at radius 3 is 2.12 bits per heavy atom. The quantitative estimate of drug-likeness (QED) is 0.535. The average Bonchev–Trinajstić information content (AvgIpc) is 1.99. The van der Waals surface area contributed by atoms with Crippen LogP contribution in [0.25, 0.3) is 0 Å². The first-order valence-corrected chi connectivity index (χ1v) is 6.49. The van der Waals surface area contributed by atoms with E-state index >= 15 is 0 Å². The minimum absolute atomic E-state index is 0. The predicted molar refractivity (Wildman–Crippen MR) is 48.9 cm³/mol. The number of phosphoric ester groups is 1. The monoisotopic (exact) mass is 344 g/mol. The molecule has 88 valence electrons. The van der Waals surface area contributed by atoms with Crippen LogP contribution in [0.15, 0.2) is 29.2 Å². The number of benzene rings is 1. The summed E-state index contributed by atoms with van der Waals surface area (Å²) in [7, 11) is -9.43. The van der Waals surface area contributed by atoms with Crippen LogP contribution in [0.3, 0.4) is 0 Å². The normalized spacial score (nSPS) is 11.7. The van der Waals surface area contributed by atoms with Crippen molar-refractivity contribution in [3.63, 3.8) is 0 Å². The fourth-order valence-corrected chi connectivity index (χ4v) is 1.96. The Morgan fingerprint density at radius 1 is 1.19 bits per heavy atom. The van der Waals surface area contributed by atoms with Gasteiger partial charge in [0.15, 0.2) is 5.75 Å². The van der Waals surface area contributed by atoms with Crippen molar-refractivity contribution < 1.29 is 58.0 Å². The van der Waals surface area contributed by atoms with Crippen LogP contribution in [0.5, 0.6) is 5.75 Å². The predicted octanol–water partition coefficient (Wildman–Crippen LogP) is 0.402. The second kappa shape index (κ2) is 5.53. The zero-order chi connectivity index (χ0) is 11.7. The molecule has 0 aliphatic heterocycles. The van der Waals surface area contributed by atoms with E-state index < -0.39 is 28.6 Å². The van der Waals surface area contributed by atoms with Crippen molar-refractivity contribution in [2.45, 2.75) is 4.90 Å². The number of rotatable bonds is 3. The maximum atomic E-state index is 10.8. The minimum atomic E-state index is -4.86. The molecule has 0 amide bonds. The van der Waals surface area contributed by atoms with Crippen LogP contribution in [-0.2, 0) is 40.9 Å². The summed E-state index contributed by atoms with van der Waals surface area (Å²) >= 11 is 0. The van der Waals surface area contributed by atoms with Gasteiger partial charge in [0, 0.05) is 26.2 Å². The van der Waals surface area contributed by atoms with Crippen molar-refractivity contribution in [1.82, 2.24) is 0 Å². The van der Waals surface area contributed by atoms with Gasteiger partial charge in [-0.15, -0.1) is 0 Å². The fraction of sp³-hybridized carbons (Fsp3) is 0. The molecule has 0 heterocycles. The van der Waals surface area contributed by atoms with Crippen molar-refractivity contribution in [3.8, 4) is 5.75 Å². The summed E-state index contributed by atoms with van der Waals surface area (Å²) in [5, 5.41) is 0. The van der Waals surface area contributed by atoms with E-state index in [1.165, 1.54) is 12.1 Å². The Balaban J connectivity index is 0.00000225. The molecule has 0 saturated heterocycles. The Bertz CT molecular complexity index is 507. The molecule has 1 aromatic rings. The molecular formula is C6H7O7PSZr. The molecule has 0 atom stereocenters.